The third-order valence-electron chi connectivity index (χ3n) is 3.68. The average Bonchev–Trinajstić information content (AvgIpc) is 2.64. The number of hydrogen-bond acceptors (Lipinski definition) is 4. The van der Waals surface area contributed by atoms with E-state index in [9.17, 15) is 4.79 Å². The average molecular weight is 399 g/mol. The Bertz CT molecular complexity index is 596. The first-order valence-corrected chi connectivity index (χ1v) is 9.60. The molecule has 0 saturated carbocycles. The number of halogens is 1. The Morgan fingerprint density at radius 3 is 2.78 bits per heavy atom. The summed E-state index contributed by atoms with van der Waals surface area (Å²) in [6.07, 6.45) is 1.16. The van der Waals surface area contributed by atoms with Crippen LogP contribution in [0, 0.1) is 6.92 Å². The van der Waals surface area contributed by atoms with Crippen LogP contribution in [0.2, 0.25) is 5.02 Å². The monoisotopic (exact) mass is 398 g/mol. The van der Waals surface area contributed by atoms with Crippen molar-refractivity contribution in [3.8, 4) is 0 Å². The van der Waals surface area contributed by atoms with Crippen molar-refractivity contribution in [1.29, 1.82) is 0 Å². The summed E-state index contributed by atoms with van der Waals surface area (Å²) >= 11 is 6.07. The molecule has 8 heteroatoms. The molecule has 7 nitrogen and oxygen atoms in total. The Balaban J connectivity index is 2.31. The Kier molecular flexibility index (Phi) is 12.3. The molecule has 0 unspecified atom stereocenters. The lowest BCUT2D eigenvalue weighted by Crippen LogP contribution is -2.38. The highest BCUT2D eigenvalue weighted by Gasteiger charge is 2.07. The highest BCUT2D eigenvalue weighted by Crippen LogP contribution is 2.22. The summed E-state index contributed by atoms with van der Waals surface area (Å²) in [7, 11) is 1.65. The van der Waals surface area contributed by atoms with Crippen molar-refractivity contribution in [1.82, 2.24) is 10.6 Å². The highest BCUT2D eigenvalue weighted by molar-refractivity contribution is 6.31. The molecule has 0 bridgehead atoms. The Labute approximate surface area is 166 Å². The fourth-order valence-corrected chi connectivity index (χ4v) is 2.37. The highest BCUT2D eigenvalue weighted by atomic mass is 35.5. The molecule has 0 heterocycles. The fraction of sp³-hybridized carbons (Fsp3) is 0.579. The standard InChI is InChI=1S/C19H31ClN4O3/c1-4-21-19(22-10-6-12-27-14-13-26-3)23-11-9-18(25)24-17-8-5-7-16(20)15(17)2/h5,7-8H,4,6,9-14H2,1-3H3,(H,24,25)(H2,21,22,23). The van der Waals surface area contributed by atoms with Gasteiger partial charge in [0.1, 0.15) is 0 Å². The number of rotatable bonds is 12. The van der Waals surface area contributed by atoms with Gasteiger partial charge >= 0.3 is 0 Å². The van der Waals surface area contributed by atoms with Gasteiger partial charge in [-0.3, -0.25) is 9.79 Å². The van der Waals surface area contributed by atoms with Crippen molar-refractivity contribution in [2.45, 2.75) is 26.7 Å². The topological polar surface area (TPSA) is 84.0 Å². The minimum absolute atomic E-state index is 0.0738. The first kappa shape index (κ1) is 23.2. The van der Waals surface area contributed by atoms with Gasteiger partial charge in [-0.1, -0.05) is 17.7 Å². The lowest BCUT2D eigenvalue weighted by Gasteiger charge is -2.12. The third kappa shape index (κ3) is 10.2. The Morgan fingerprint density at radius 1 is 1.22 bits per heavy atom. The number of ether oxygens (including phenoxy) is 2. The first-order chi connectivity index (χ1) is 13.1. The van der Waals surface area contributed by atoms with E-state index in [1.165, 1.54) is 0 Å². The van der Waals surface area contributed by atoms with Crippen LogP contribution in [-0.4, -0.2) is 58.4 Å². The second kappa shape index (κ2) is 14.3. The Morgan fingerprint density at radius 2 is 2.04 bits per heavy atom. The van der Waals surface area contributed by atoms with E-state index in [0.717, 1.165) is 24.2 Å². The van der Waals surface area contributed by atoms with Crippen molar-refractivity contribution in [2.75, 3.05) is 51.9 Å². The van der Waals surface area contributed by atoms with E-state index < -0.39 is 0 Å². The predicted octanol–water partition coefficient (Wildman–Crippen LogP) is 2.59. The SMILES string of the molecule is CCNC(=NCCCOCCOC)NCCC(=O)Nc1cccc(Cl)c1C. The summed E-state index contributed by atoms with van der Waals surface area (Å²) in [6, 6.07) is 5.46. The maximum Gasteiger partial charge on any atom is 0.226 e. The van der Waals surface area contributed by atoms with E-state index in [1.54, 1.807) is 13.2 Å². The molecular formula is C19H31ClN4O3. The molecule has 152 valence electrons. The molecule has 0 fully saturated rings. The van der Waals surface area contributed by atoms with E-state index in [1.807, 2.05) is 26.0 Å². The maximum atomic E-state index is 12.1. The number of benzene rings is 1. The van der Waals surface area contributed by atoms with E-state index in [4.69, 9.17) is 21.1 Å². The van der Waals surface area contributed by atoms with E-state index >= 15 is 0 Å². The van der Waals surface area contributed by atoms with Crippen molar-refractivity contribution < 1.29 is 14.3 Å². The van der Waals surface area contributed by atoms with Gasteiger partial charge in [0.2, 0.25) is 5.91 Å². The van der Waals surface area contributed by atoms with Crippen LogP contribution >= 0.6 is 11.6 Å². The first-order valence-electron chi connectivity index (χ1n) is 9.22. The molecule has 0 saturated heterocycles. The molecule has 0 aliphatic carbocycles. The zero-order valence-electron chi connectivity index (χ0n) is 16.4. The summed E-state index contributed by atoms with van der Waals surface area (Å²) in [5, 5.41) is 9.85. The smallest absolute Gasteiger partial charge is 0.226 e. The van der Waals surface area contributed by atoms with Crippen molar-refractivity contribution in [3.05, 3.63) is 28.8 Å². The second-order valence-electron chi connectivity index (χ2n) is 5.86. The van der Waals surface area contributed by atoms with Gasteiger partial charge in [0.25, 0.3) is 0 Å². The number of carbonyl (C=O) groups excluding carboxylic acids is 1. The van der Waals surface area contributed by atoms with Crippen LogP contribution in [-0.2, 0) is 14.3 Å². The molecule has 0 aliphatic heterocycles. The largest absolute Gasteiger partial charge is 0.382 e. The lowest BCUT2D eigenvalue weighted by atomic mass is 10.2. The third-order valence-corrected chi connectivity index (χ3v) is 4.09. The Hall–Kier alpha value is -1.83. The van der Waals surface area contributed by atoms with Crippen LogP contribution in [0.25, 0.3) is 0 Å². The van der Waals surface area contributed by atoms with E-state index in [2.05, 4.69) is 20.9 Å². The molecule has 1 rings (SSSR count). The van der Waals surface area contributed by atoms with Gasteiger partial charge < -0.3 is 25.4 Å². The molecule has 0 radical (unpaired) electrons. The molecular weight excluding hydrogens is 368 g/mol. The van der Waals surface area contributed by atoms with Gasteiger partial charge in [-0.15, -0.1) is 0 Å². The number of guanidine groups is 1. The number of methoxy groups -OCH3 is 1. The second-order valence-corrected chi connectivity index (χ2v) is 6.26. The number of carbonyl (C=O) groups is 1. The molecule has 27 heavy (non-hydrogen) atoms. The zero-order valence-corrected chi connectivity index (χ0v) is 17.2. The van der Waals surface area contributed by atoms with Crippen LogP contribution in [0.4, 0.5) is 5.69 Å². The number of nitrogens with one attached hydrogen (secondary N) is 3. The lowest BCUT2D eigenvalue weighted by molar-refractivity contribution is -0.116. The van der Waals surface area contributed by atoms with Crippen LogP contribution in [0.3, 0.4) is 0 Å². The molecule has 1 amide bonds. The molecule has 0 atom stereocenters. The minimum atomic E-state index is -0.0738. The fourth-order valence-electron chi connectivity index (χ4n) is 2.19. The van der Waals surface area contributed by atoms with Crippen LogP contribution < -0.4 is 16.0 Å². The van der Waals surface area contributed by atoms with E-state index in [-0.39, 0.29) is 5.91 Å². The number of hydrogen-bond donors (Lipinski definition) is 3. The van der Waals surface area contributed by atoms with Crippen molar-refractivity contribution in [3.63, 3.8) is 0 Å². The van der Waals surface area contributed by atoms with Crippen LogP contribution in [0.1, 0.15) is 25.3 Å². The van der Waals surface area contributed by atoms with Crippen molar-refractivity contribution >= 4 is 29.2 Å². The number of aliphatic imine (C=N–C) groups is 1. The van der Waals surface area contributed by atoms with Gasteiger partial charge in [-0.2, -0.15) is 0 Å². The van der Waals surface area contributed by atoms with Crippen molar-refractivity contribution in [2.24, 2.45) is 4.99 Å². The summed E-state index contributed by atoms with van der Waals surface area (Å²) in [4.78, 5) is 16.6. The summed E-state index contributed by atoms with van der Waals surface area (Å²) < 4.78 is 10.3. The molecule has 1 aromatic carbocycles. The number of nitrogens with zero attached hydrogens (tertiary/aromatic N) is 1. The van der Waals surface area contributed by atoms with Crippen LogP contribution in [0.5, 0.6) is 0 Å². The van der Waals surface area contributed by atoms with Gasteiger partial charge in [-0.25, -0.2) is 0 Å². The quantitative estimate of drug-likeness (QED) is 0.286. The summed E-state index contributed by atoms with van der Waals surface area (Å²) in [5.74, 6) is 0.622. The molecule has 0 aromatic heterocycles. The molecule has 0 aliphatic rings. The van der Waals surface area contributed by atoms with Gasteiger partial charge in [-0.05, 0) is 38.0 Å². The molecule has 1 aromatic rings. The van der Waals surface area contributed by atoms with Gasteiger partial charge in [0.05, 0.1) is 13.2 Å². The zero-order chi connectivity index (χ0) is 19.9. The summed E-state index contributed by atoms with van der Waals surface area (Å²) in [5.41, 5.74) is 1.60. The number of anilines is 1. The van der Waals surface area contributed by atoms with Gasteiger partial charge in [0.15, 0.2) is 5.96 Å². The minimum Gasteiger partial charge on any atom is -0.382 e. The normalized spacial score (nSPS) is 11.3. The summed E-state index contributed by atoms with van der Waals surface area (Å²) in [6.45, 7) is 7.62. The maximum absolute atomic E-state index is 12.1. The van der Waals surface area contributed by atoms with Gasteiger partial charge in [0, 0.05) is 50.5 Å². The number of amides is 1. The predicted molar refractivity (Wildman–Crippen MR) is 111 cm³/mol. The molecule has 0 spiro atoms. The van der Waals surface area contributed by atoms with E-state index in [0.29, 0.717) is 50.3 Å². The van der Waals surface area contributed by atoms with Crippen LogP contribution in [0.15, 0.2) is 23.2 Å². The molecule has 3 N–H and O–H groups in total.